The van der Waals surface area contributed by atoms with Crippen molar-refractivity contribution in [2.75, 3.05) is 7.11 Å². The lowest BCUT2D eigenvalue weighted by atomic mass is 10.1. The fourth-order valence-corrected chi connectivity index (χ4v) is 2.43. The van der Waals surface area contributed by atoms with Crippen LogP contribution in [-0.2, 0) is 17.9 Å². The van der Waals surface area contributed by atoms with Crippen LogP contribution in [0.25, 0.3) is 10.9 Å². The number of carbonyl (C=O) groups excluding carboxylic acids is 1. The number of carbonyl (C=O) groups is 1. The number of aromatic amines is 1. The topological polar surface area (TPSA) is 80.4 Å². The smallest absolute Gasteiger partial charge is 0.407 e. The van der Waals surface area contributed by atoms with Gasteiger partial charge in [0.2, 0.25) is 0 Å². The number of pyridine rings is 1. The second kappa shape index (κ2) is 7.53. The minimum Gasteiger partial charge on any atom is -0.497 e. The summed E-state index contributed by atoms with van der Waals surface area (Å²) in [6.07, 6.45) is -0.575. The van der Waals surface area contributed by atoms with E-state index < -0.39 is 6.09 Å². The minimum atomic E-state index is -0.575. The molecule has 0 saturated heterocycles. The molecular formula is C19H18N2O4. The number of methoxy groups -OCH3 is 1. The van der Waals surface area contributed by atoms with Crippen molar-refractivity contribution in [3.63, 3.8) is 0 Å². The molecule has 0 unspecified atom stereocenters. The maximum absolute atomic E-state index is 12.1. The van der Waals surface area contributed by atoms with E-state index in [1.54, 1.807) is 25.3 Å². The molecule has 128 valence electrons. The molecule has 6 nitrogen and oxygen atoms in total. The van der Waals surface area contributed by atoms with E-state index in [1.807, 2.05) is 36.4 Å². The second-order valence-electron chi connectivity index (χ2n) is 5.49. The largest absolute Gasteiger partial charge is 0.497 e. The van der Waals surface area contributed by atoms with Gasteiger partial charge in [0.25, 0.3) is 5.56 Å². The number of benzene rings is 2. The predicted molar refractivity (Wildman–Crippen MR) is 94.6 cm³/mol. The number of H-pyrrole nitrogens is 1. The fourth-order valence-electron chi connectivity index (χ4n) is 2.43. The van der Waals surface area contributed by atoms with Crippen molar-refractivity contribution in [2.45, 2.75) is 13.2 Å². The Labute approximate surface area is 144 Å². The molecule has 2 N–H and O–H groups in total. The second-order valence-corrected chi connectivity index (χ2v) is 5.49. The van der Waals surface area contributed by atoms with Crippen LogP contribution in [0.4, 0.5) is 4.79 Å². The van der Waals surface area contributed by atoms with Gasteiger partial charge in [-0.3, -0.25) is 4.79 Å². The lowest BCUT2D eigenvalue weighted by molar-refractivity contribution is 0.139. The molecule has 3 aromatic rings. The lowest BCUT2D eigenvalue weighted by Crippen LogP contribution is -2.27. The quantitative estimate of drug-likeness (QED) is 0.749. The highest BCUT2D eigenvalue weighted by atomic mass is 16.5. The van der Waals surface area contributed by atoms with Crippen LogP contribution >= 0.6 is 0 Å². The molecule has 2 aromatic carbocycles. The standard InChI is InChI=1S/C19H18N2O4/c1-24-16-7-8-17-14(10-16)9-15(18(22)21-17)11-20-19(23)25-12-13-5-3-2-4-6-13/h2-10H,11-12H2,1H3,(H,20,23)(H,21,22). The highest BCUT2D eigenvalue weighted by Gasteiger charge is 2.07. The van der Waals surface area contributed by atoms with Gasteiger partial charge in [-0.1, -0.05) is 30.3 Å². The number of hydrogen-bond donors (Lipinski definition) is 2. The molecule has 0 fully saturated rings. The number of fused-ring (bicyclic) bond motifs is 1. The average molecular weight is 338 g/mol. The van der Waals surface area contributed by atoms with Crippen LogP contribution in [-0.4, -0.2) is 18.2 Å². The summed E-state index contributed by atoms with van der Waals surface area (Å²) < 4.78 is 10.3. The van der Waals surface area contributed by atoms with E-state index in [0.717, 1.165) is 10.9 Å². The monoisotopic (exact) mass is 338 g/mol. The molecule has 0 aliphatic rings. The summed E-state index contributed by atoms with van der Waals surface area (Å²) in [6.45, 7) is 0.258. The van der Waals surface area contributed by atoms with Crippen molar-refractivity contribution in [2.24, 2.45) is 0 Å². The van der Waals surface area contributed by atoms with Crippen molar-refractivity contribution >= 4 is 17.0 Å². The first kappa shape index (κ1) is 16.6. The van der Waals surface area contributed by atoms with E-state index in [0.29, 0.717) is 16.8 Å². The Balaban J connectivity index is 1.64. The van der Waals surface area contributed by atoms with Crippen molar-refractivity contribution in [1.29, 1.82) is 0 Å². The predicted octanol–water partition coefficient (Wildman–Crippen LogP) is 2.96. The SMILES string of the molecule is COc1ccc2[nH]c(=O)c(CNC(=O)OCc3ccccc3)cc2c1. The van der Waals surface area contributed by atoms with Crippen LogP contribution in [0.3, 0.4) is 0 Å². The van der Waals surface area contributed by atoms with Crippen LogP contribution in [0.15, 0.2) is 59.4 Å². The van der Waals surface area contributed by atoms with Crippen molar-refractivity contribution in [3.8, 4) is 5.75 Å². The molecule has 1 aromatic heterocycles. The first-order valence-corrected chi connectivity index (χ1v) is 7.80. The van der Waals surface area contributed by atoms with E-state index in [9.17, 15) is 9.59 Å². The number of aromatic nitrogens is 1. The first-order valence-electron chi connectivity index (χ1n) is 7.80. The molecule has 0 bridgehead atoms. The van der Waals surface area contributed by atoms with Gasteiger partial charge in [-0.25, -0.2) is 4.79 Å². The summed E-state index contributed by atoms with van der Waals surface area (Å²) in [6, 6.07) is 16.5. The Hall–Kier alpha value is -3.28. The number of nitrogens with one attached hydrogen (secondary N) is 2. The van der Waals surface area contributed by atoms with Gasteiger partial charge in [0.1, 0.15) is 12.4 Å². The van der Waals surface area contributed by atoms with E-state index in [1.165, 1.54) is 0 Å². The van der Waals surface area contributed by atoms with Crippen molar-refractivity contribution in [1.82, 2.24) is 10.3 Å². The van der Waals surface area contributed by atoms with Crippen molar-refractivity contribution < 1.29 is 14.3 Å². The van der Waals surface area contributed by atoms with E-state index in [4.69, 9.17) is 9.47 Å². The van der Waals surface area contributed by atoms with Gasteiger partial charge in [0, 0.05) is 16.5 Å². The summed E-state index contributed by atoms with van der Waals surface area (Å²) in [7, 11) is 1.58. The third-order valence-corrected chi connectivity index (χ3v) is 3.76. The molecule has 1 amide bonds. The first-order chi connectivity index (χ1) is 12.2. The third kappa shape index (κ3) is 4.17. The van der Waals surface area contributed by atoms with Gasteiger partial charge in [0.05, 0.1) is 13.7 Å². The van der Waals surface area contributed by atoms with Gasteiger partial charge in [-0.2, -0.15) is 0 Å². The molecule has 0 saturated carbocycles. The Morgan fingerprint density at radius 1 is 1.12 bits per heavy atom. The Morgan fingerprint density at radius 3 is 2.68 bits per heavy atom. The molecule has 25 heavy (non-hydrogen) atoms. The van der Waals surface area contributed by atoms with Crippen LogP contribution in [0, 0.1) is 0 Å². The Morgan fingerprint density at radius 2 is 1.92 bits per heavy atom. The number of hydrogen-bond acceptors (Lipinski definition) is 4. The van der Waals surface area contributed by atoms with Crippen molar-refractivity contribution in [3.05, 3.63) is 76.1 Å². The van der Waals surface area contributed by atoms with E-state index in [2.05, 4.69) is 10.3 Å². The van der Waals surface area contributed by atoms with Gasteiger partial charge in [-0.15, -0.1) is 0 Å². The maximum Gasteiger partial charge on any atom is 0.407 e. The summed E-state index contributed by atoms with van der Waals surface area (Å²) in [5.74, 6) is 0.695. The van der Waals surface area contributed by atoms with E-state index >= 15 is 0 Å². The molecule has 0 spiro atoms. The molecule has 6 heteroatoms. The average Bonchev–Trinajstić information content (AvgIpc) is 2.65. The number of ether oxygens (including phenoxy) is 2. The fraction of sp³-hybridized carbons (Fsp3) is 0.158. The van der Waals surface area contributed by atoms with Crippen LogP contribution in [0.2, 0.25) is 0 Å². The zero-order valence-corrected chi connectivity index (χ0v) is 13.7. The third-order valence-electron chi connectivity index (χ3n) is 3.76. The molecule has 1 heterocycles. The zero-order chi connectivity index (χ0) is 17.6. The lowest BCUT2D eigenvalue weighted by Gasteiger charge is -2.08. The molecular weight excluding hydrogens is 320 g/mol. The molecule has 0 aliphatic carbocycles. The normalized spacial score (nSPS) is 10.4. The molecule has 3 rings (SSSR count). The summed E-state index contributed by atoms with van der Waals surface area (Å²) in [4.78, 5) is 26.7. The molecule has 0 atom stereocenters. The van der Waals surface area contributed by atoms with Gasteiger partial charge < -0.3 is 19.8 Å². The minimum absolute atomic E-state index is 0.0795. The van der Waals surface area contributed by atoms with Gasteiger partial charge in [-0.05, 0) is 29.8 Å². The van der Waals surface area contributed by atoms with E-state index in [-0.39, 0.29) is 18.7 Å². The highest BCUT2D eigenvalue weighted by molar-refractivity contribution is 5.80. The van der Waals surface area contributed by atoms with Crippen LogP contribution < -0.4 is 15.6 Å². The van der Waals surface area contributed by atoms with Gasteiger partial charge in [0.15, 0.2) is 0 Å². The van der Waals surface area contributed by atoms with Gasteiger partial charge >= 0.3 is 6.09 Å². The summed E-state index contributed by atoms with van der Waals surface area (Å²) in [5, 5.41) is 3.42. The summed E-state index contributed by atoms with van der Waals surface area (Å²) >= 11 is 0. The molecule has 0 radical (unpaired) electrons. The number of rotatable bonds is 5. The maximum atomic E-state index is 12.1. The number of amides is 1. The Bertz CT molecular complexity index is 935. The molecule has 0 aliphatic heterocycles. The Kier molecular flexibility index (Phi) is 4.99. The highest BCUT2D eigenvalue weighted by Crippen LogP contribution is 2.18. The zero-order valence-electron chi connectivity index (χ0n) is 13.7. The summed E-state index contributed by atoms with van der Waals surface area (Å²) in [5.41, 5.74) is 1.80. The number of alkyl carbamates (subject to hydrolysis) is 1. The van der Waals surface area contributed by atoms with Crippen LogP contribution in [0.5, 0.6) is 5.75 Å². The van der Waals surface area contributed by atoms with Crippen LogP contribution in [0.1, 0.15) is 11.1 Å².